The lowest BCUT2D eigenvalue weighted by molar-refractivity contribution is 0.666. The molecule has 45 heavy (non-hydrogen) atoms. The molecular weight excluding hydrogens is 554 g/mol. The van der Waals surface area contributed by atoms with Crippen LogP contribution >= 0.6 is 0 Å². The highest BCUT2D eigenvalue weighted by Gasteiger charge is 2.20. The molecular formula is C40H25N3O2. The first-order valence-electron chi connectivity index (χ1n) is 14.9. The maximum absolute atomic E-state index is 6.45. The van der Waals surface area contributed by atoms with Gasteiger partial charge >= 0.3 is 0 Å². The van der Waals surface area contributed by atoms with Crippen molar-refractivity contribution in [3.8, 4) is 22.6 Å². The molecule has 0 amide bonds. The molecule has 0 aliphatic heterocycles. The minimum Gasteiger partial charge on any atom is -0.456 e. The number of para-hydroxylation sites is 3. The van der Waals surface area contributed by atoms with Gasteiger partial charge in [0, 0.05) is 50.4 Å². The molecule has 9 rings (SSSR count). The van der Waals surface area contributed by atoms with E-state index in [1.54, 1.807) is 0 Å². The summed E-state index contributed by atoms with van der Waals surface area (Å²) in [5.74, 6) is 0.661. The predicted octanol–water partition coefficient (Wildman–Crippen LogP) is 11.1. The van der Waals surface area contributed by atoms with E-state index in [0.29, 0.717) is 11.4 Å². The summed E-state index contributed by atoms with van der Waals surface area (Å²) < 4.78 is 12.8. The number of anilines is 3. The van der Waals surface area contributed by atoms with Gasteiger partial charge in [-0.2, -0.15) is 0 Å². The summed E-state index contributed by atoms with van der Waals surface area (Å²) in [4.78, 5) is 12.3. The van der Waals surface area contributed by atoms with Crippen LogP contribution in [0.5, 0.6) is 0 Å². The number of nitrogens with zero attached hydrogens (tertiary/aromatic N) is 3. The van der Waals surface area contributed by atoms with Crippen molar-refractivity contribution in [3.05, 3.63) is 152 Å². The second-order valence-corrected chi connectivity index (χ2v) is 11.0. The average molecular weight is 580 g/mol. The van der Waals surface area contributed by atoms with E-state index in [0.717, 1.165) is 72.3 Å². The summed E-state index contributed by atoms with van der Waals surface area (Å²) in [5.41, 5.74) is 9.72. The van der Waals surface area contributed by atoms with Crippen LogP contribution in [-0.2, 0) is 0 Å². The van der Waals surface area contributed by atoms with Gasteiger partial charge in [-0.25, -0.2) is 9.97 Å². The topological polar surface area (TPSA) is 55.3 Å². The molecule has 3 heterocycles. The summed E-state index contributed by atoms with van der Waals surface area (Å²) in [6.07, 6.45) is 0. The van der Waals surface area contributed by atoms with Crippen molar-refractivity contribution in [2.45, 2.75) is 0 Å². The first-order chi connectivity index (χ1) is 22.3. The van der Waals surface area contributed by atoms with E-state index >= 15 is 0 Å². The van der Waals surface area contributed by atoms with Gasteiger partial charge in [0.15, 0.2) is 11.4 Å². The van der Waals surface area contributed by atoms with Crippen LogP contribution in [0.2, 0.25) is 0 Å². The Morgan fingerprint density at radius 3 is 1.84 bits per heavy atom. The monoisotopic (exact) mass is 579 g/mol. The second-order valence-electron chi connectivity index (χ2n) is 11.0. The summed E-state index contributed by atoms with van der Waals surface area (Å²) >= 11 is 0. The number of hydrogen-bond acceptors (Lipinski definition) is 5. The highest BCUT2D eigenvalue weighted by Crippen LogP contribution is 2.41. The van der Waals surface area contributed by atoms with Gasteiger partial charge < -0.3 is 13.7 Å². The molecule has 0 fully saturated rings. The normalized spacial score (nSPS) is 11.6. The van der Waals surface area contributed by atoms with Crippen LogP contribution in [0.25, 0.3) is 66.7 Å². The van der Waals surface area contributed by atoms with Crippen molar-refractivity contribution in [3.63, 3.8) is 0 Å². The van der Waals surface area contributed by atoms with Crippen LogP contribution in [-0.4, -0.2) is 9.97 Å². The molecule has 5 nitrogen and oxygen atoms in total. The van der Waals surface area contributed by atoms with Crippen LogP contribution in [0, 0.1) is 0 Å². The van der Waals surface area contributed by atoms with Gasteiger partial charge in [-0.3, -0.25) is 0 Å². The van der Waals surface area contributed by atoms with E-state index in [1.165, 1.54) is 0 Å². The molecule has 6 aromatic carbocycles. The van der Waals surface area contributed by atoms with Crippen molar-refractivity contribution >= 4 is 61.1 Å². The molecule has 212 valence electrons. The van der Waals surface area contributed by atoms with Gasteiger partial charge in [0.2, 0.25) is 0 Å². The molecule has 0 saturated carbocycles. The largest absolute Gasteiger partial charge is 0.456 e. The highest BCUT2D eigenvalue weighted by atomic mass is 16.3. The molecule has 0 spiro atoms. The molecule has 0 atom stereocenters. The number of aromatic nitrogens is 2. The molecule has 0 N–H and O–H groups in total. The van der Waals surface area contributed by atoms with Gasteiger partial charge in [-0.1, -0.05) is 78.9 Å². The van der Waals surface area contributed by atoms with Gasteiger partial charge in [-0.15, -0.1) is 0 Å². The first kappa shape index (κ1) is 25.3. The van der Waals surface area contributed by atoms with E-state index in [1.807, 2.05) is 72.8 Å². The zero-order valence-electron chi connectivity index (χ0n) is 24.1. The lowest BCUT2D eigenvalue weighted by atomic mass is 10.0. The number of rotatable bonds is 5. The quantitative estimate of drug-likeness (QED) is 0.203. The molecule has 9 aromatic rings. The molecule has 0 aliphatic carbocycles. The molecule has 0 radical (unpaired) electrons. The van der Waals surface area contributed by atoms with Crippen molar-refractivity contribution in [1.29, 1.82) is 0 Å². The molecule has 0 aliphatic rings. The maximum Gasteiger partial charge on any atom is 0.180 e. The zero-order chi connectivity index (χ0) is 29.7. The Kier molecular flexibility index (Phi) is 5.74. The predicted molar refractivity (Wildman–Crippen MR) is 182 cm³/mol. The van der Waals surface area contributed by atoms with E-state index in [4.69, 9.17) is 18.8 Å². The summed E-state index contributed by atoms with van der Waals surface area (Å²) in [7, 11) is 0. The standard InChI is InChI=1S/C40H25N3O2/c1-4-12-26(13-5-1)40-41-37(39-38(42-40)32-18-10-11-19-34(32)45-39)27-20-23-35-33(24-27)31-22-21-30(25-36(31)44-35)43(28-14-6-2-7-15-28)29-16-8-3-9-17-29/h1-25H. The smallest absolute Gasteiger partial charge is 0.180 e. The van der Waals surface area contributed by atoms with Gasteiger partial charge in [0.05, 0.1) is 0 Å². The van der Waals surface area contributed by atoms with Crippen LogP contribution in [0.1, 0.15) is 0 Å². The number of furan rings is 2. The average Bonchev–Trinajstić information content (AvgIpc) is 3.67. The van der Waals surface area contributed by atoms with E-state index in [2.05, 4.69) is 83.8 Å². The minimum absolute atomic E-state index is 0.661. The highest BCUT2D eigenvalue weighted by molar-refractivity contribution is 6.10. The SMILES string of the molecule is c1ccc(-c2nc(-c3ccc4oc5cc(N(c6ccccc6)c6ccccc6)ccc5c4c3)c3oc4ccccc4c3n2)cc1. The lowest BCUT2D eigenvalue weighted by Gasteiger charge is -2.25. The van der Waals surface area contributed by atoms with Crippen molar-refractivity contribution < 1.29 is 8.83 Å². The third-order valence-corrected chi connectivity index (χ3v) is 8.27. The van der Waals surface area contributed by atoms with E-state index in [9.17, 15) is 0 Å². The maximum atomic E-state index is 6.45. The summed E-state index contributed by atoms with van der Waals surface area (Å²) in [6.45, 7) is 0. The molecule has 0 saturated heterocycles. The fourth-order valence-electron chi connectivity index (χ4n) is 6.16. The van der Waals surface area contributed by atoms with Gasteiger partial charge in [-0.05, 0) is 66.7 Å². The Morgan fingerprint density at radius 1 is 0.422 bits per heavy atom. The lowest BCUT2D eigenvalue weighted by Crippen LogP contribution is -2.09. The fourth-order valence-corrected chi connectivity index (χ4v) is 6.16. The Bertz CT molecular complexity index is 2440. The fraction of sp³-hybridized carbons (Fsp3) is 0. The third kappa shape index (κ3) is 4.25. The van der Waals surface area contributed by atoms with Crippen LogP contribution in [0.4, 0.5) is 17.1 Å². The molecule has 0 unspecified atom stereocenters. The van der Waals surface area contributed by atoms with E-state index in [-0.39, 0.29) is 0 Å². The second kappa shape index (κ2) is 10.2. The Morgan fingerprint density at radius 2 is 1.09 bits per heavy atom. The Hall–Kier alpha value is -6.20. The molecule has 3 aromatic heterocycles. The Balaban J connectivity index is 1.22. The molecule has 0 bridgehead atoms. The van der Waals surface area contributed by atoms with Crippen molar-refractivity contribution in [1.82, 2.24) is 9.97 Å². The van der Waals surface area contributed by atoms with Gasteiger partial charge in [0.1, 0.15) is 28.0 Å². The van der Waals surface area contributed by atoms with Crippen LogP contribution < -0.4 is 4.90 Å². The first-order valence-corrected chi connectivity index (χ1v) is 14.9. The van der Waals surface area contributed by atoms with Gasteiger partial charge in [0.25, 0.3) is 0 Å². The third-order valence-electron chi connectivity index (χ3n) is 8.27. The van der Waals surface area contributed by atoms with Crippen molar-refractivity contribution in [2.75, 3.05) is 4.90 Å². The Labute approximate surface area is 258 Å². The van der Waals surface area contributed by atoms with Crippen LogP contribution in [0.15, 0.2) is 160 Å². The number of fused-ring (bicyclic) bond motifs is 6. The van der Waals surface area contributed by atoms with Crippen molar-refractivity contribution in [2.24, 2.45) is 0 Å². The van der Waals surface area contributed by atoms with Crippen LogP contribution in [0.3, 0.4) is 0 Å². The number of hydrogen-bond donors (Lipinski definition) is 0. The number of benzene rings is 6. The minimum atomic E-state index is 0.661. The molecule has 5 heteroatoms. The zero-order valence-corrected chi connectivity index (χ0v) is 24.1. The van der Waals surface area contributed by atoms with E-state index < -0.39 is 0 Å². The summed E-state index contributed by atoms with van der Waals surface area (Å²) in [5, 5.41) is 3.02. The summed E-state index contributed by atoms with van der Waals surface area (Å²) in [6, 6.07) is 51.5.